The van der Waals surface area contributed by atoms with Crippen LogP contribution in [0.1, 0.15) is 239 Å². The summed E-state index contributed by atoms with van der Waals surface area (Å²) in [6, 6.07) is 4.88. The van der Waals surface area contributed by atoms with Crippen LogP contribution in [0.15, 0.2) is 42.3 Å². The molecule has 0 bridgehead atoms. The number of hydrogen-bond acceptors (Lipinski definition) is 4. The molecule has 0 fully saturated rings. The number of nitrogens with zero attached hydrogens (tertiary/aromatic N) is 1. The maximum atomic E-state index is 13.4. The summed E-state index contributed by atoms with van der Waals surface area (Å²) >= 11 is -3.20. The van der Waals surface area contributed by atoms with Gasteiger partial charge in [-0.05, 0) is 0 Å². The molecule has 55 heavy (non-hydrogen) atoms. The number of pyridine rings is 1. The van der Waals surface area contributed by atoms with E-state index in [1.807, 2.05) is 13.0 Å². The van der Waals surface area contributed by atoms with Gasteiger partial charge in [0, 0.05) is 0 Å². The molecular formula is C50H90N2O2Sn. The van der Waals surface area contributed by atoms with Gasteiger partial charge in [0.1, 0.15) is 0 Å². The fourth-order valence-corrected chi connectivity index (χ4v) is 28.0. The second kappa shape index (κ2) is 31.7. The molecule has 1 aliphatic rings. The number of rotatable bonds is 36. The predicted octanol–water partition coefficient (Wildman–Crippen LogP) is 16.0. The van der Waals surface area contributed by atoms with Gasteiger partial charge in [-0.15, -0.1) is 0 Å². The van der Waals surface area contributed by atoms with Crippen molar-refractivity contribution in [2.45, 2.75) is 244 Å². The summed E-state index contributed by atoms with van der Waals surface area (Å²) in [6.07, 6.45) is 46.2. The zero-order valence-electron chi connectivity index (χ0n) is 37.4. The molecule has 0 saturated carbocycles. The summed E-state index contributed by atoms with van der Waals surface area (Å²) < 4.78 is 9.26. The van der Waals surface area contributed by atoms with Gasteiger partial charge in [0.05, 0.1) is 0 Å². The summed E-state index contributed by atoms with van der Waals surface area (Å²) in [5, 5.41) is 4.05. The first kappa shape index (κ1) is 49.8. The van der Waals surface area contributed by atoms with Gasteiger partial charge in [-0.25, -0.2) is 0 Å². The van der Waals surface area contributed by atoms with Gasteiger partial charge in [0.25, 0.3) is 0 Å². The monoisotopic (exact) mass is 871 g/mol. The fraction of sp³-hybridized carbons (Fsp3) is 0.800. The van der Waals surface area contributed by atoms with Crippen LogP contribution < -0.4 is 5.32 Å². The third-order valence-electron chi connectivity index (χ3n) is 12.8. The molecule has 1 unspecified atom stereocenters. The number of carbonyl (C=O) groups excluding carboxylic acids is 1. The zero-order chi connectivity index (χ0) is 39.9. The van der Waals surface area contributed by atoms with E-state index in [0.717, 1.165) is 0 Å². The van der Waals surface area contributed by atoms with Crippen molar-refractivity contribution >= 4 is 24.3 Å². The Morgan fingerprint density at radius 3 is 1.51 bits per heavy atom. The third-order valence-corrected chi connectivity index (χ3v) is 30.3. The molecule has 1 N–H and O–H groups in total. The Bertz CT molecular complexity index is 1120. The zero-order valence-corrected chi connectivity index (χ0v) is 40.3. The van der Waals surface area contributed by atoms with E-state index >= 15 is 0 Å². The van der Waals surface area contributed by atoms with E-state index in [2.05, 4.69) is 70.5 Å². The van der Waals surface area contributed by atoms with Gasteiger partial charge < -0.3 is 0 Å². The van der Waals surface area contributed by atoms with Gasteiger partial charge in [-0.1, -0.05) is 65.2 Å². The van der Waals surface area contributed by atoms with Crippen molar-refractivity contribution in [2.75, 3.05) is 6.61 Å². The van der Waals surface area contributed by atoms with Gasteiger partial charge in [0.2, 0.25) is 0 Å². The van der Waals surface area contributed by atoms with Crippen molar-refractivity contribution in [1.29, 1.82) is 0 Å². The second-order valence-electron chi connectivity index (χ2n) is 17.3. The Balaban J connectivity index is 2.41. The van der Waals surface area contributed by atoms with Crippen molar-refractivity contribution in [3.8, 4) is 0 Å². The number of carbonyl (C=O) groups is 1. The van der Waals surface area contributed by atoms with Crippen LogP contribution in [-0.2, 0) is 13.1 Å². The van der Waals surface area contributed by atoms with Crippen LogP contribution >= 0.6 is 0 Å². The predicted molar refractivity (Wildman–Crippen MR) is 243 cm³/mol. The Hall–Kier alpha value is -1.30. The number of aromatic nitrogens is 1. The van der Waals surface area contributed by atoms with E-state index in [1.165, 1.54) is 204 Å². The van der Waals surface area contributed by atoms with E-state index in [9.17, 15) is 4.79 Å². The van der Waals surface area contributed by atoms with Crippen LogP contribution in [0.5, 0.6) is 0 Å². The Labute approximate surface area is 346 Å². The Kier molecular flexibility index (Phi) is 28.7. The molecule has 2 rings (SSSR count). The van der Waals surface area contributed by atoms with Crippen LogP contribution in [0.3, 0.4) is 0 Å². The number of esters is 1. The van der Waals surface area contributed by atoms with Crippen LogP contribution in [0.4, 0.5) is 0 Å². The molecule has 0 aromatic carbocycles. The molecule has 2 heterocycles. The molecule has 316 valence electrons. The number of hydrogen-bond donors (Lipinski definition) is 1. The molecule has 4 nitrogen and oxygen atoms in total. The summed E-state index contributed by atoms with van der Waals surface area (Å²) in [6.45, 7) is 14.0. The van der Waals surface area contributed by atoms with Crippen molar-refractivity contribution < 1.29 is 9.53 Å². The summed E-state index contributed by atoms with van der Waals surface area (Å²) in [5.41, 5.74) is 3.39. The van der Waals surface area contributed by atoms with Crippen LogP contribution in [-0.4, -0.2) is 35.9 Å². The van der Waals surface area contributed by atoms with E-state index in [1.54, 1.807) is 0 Å². The van der Waals surface area contributed by atoms with Crippen molar-refractivity contribution in [3.05, 3.63) is 53.5 Å². The Morgan fingerprint density at radius 2 is 1.07 bits per heavy atom. The molecular weight excluding hydrogens is 779 g/mol. The van der Waals surface area contributed by atoms with Crippen LogP contribution in [0.2, 0.25) is 13.3 Å². The van der Waals surface area contributed by atoms with E-state index in [4.69, 9.17) is 9.72 Å². The average Bonchev–Trinajstić information content (AvgIpc) is 3.21. The molecule has 0 radical (unpaired) electrons. The molecule has 0 amide bonds. The minimum absolute atomic E-state index is 0.192. The van der Waals surface area contributed by atoms with E-state index < -0.39 is 18.4 Å². The van der Waals surface area contributed by atoms with Gasteiger partial charge in [-0.3, -0.25) is 0 Å². The number of ether oxygens (including phenoxy) is 1. The molecule has 1 aromatic rings. The average molecular weight is 870 g/mol. The normalized spacial score (nSPS) is 15.7. The minimum atomic E-state index is -3.20. The maximum absolute atomic E-state index is 13.4. The SMILES string of the molecule is CCCCCCCCCCCCC(CCCCCCCCCCCC)c1ccnc([C]2([Sn]([CH2]CCC)([CH2]CCC)[CH2]CCC)C=C(C(=O)OCC)C=CN2)c1. The molecule has 1 atom stereocenters. The van der Waals surface area contributed by atoms with Crippen molar-refractivity contribution in [1.82, 2.24) is 10.3 Å². The van der Waals surface area contributed by atoms with E-state index in [-0.39, 0.29) is 9.52 Å². The molecule has 5 heteroatoms. The summed E-state index contributed by atoms with van der Waals surface area (Å²) in [7, 11) is 0. The van der Waals surface area contributed by atoms with Gasteiger partial charge in [-0.2, -0.15) is 0 Å². The first-order valence-corrected chi connectivity index (χ1v) is 31.8. The van der Waals surface area contributed by atoms with Gasteiger partial charge in [0.15, 0.2) is 0 Å². The number of dihydropyridines is 1. The summed E-state index contributed by atoms with van der Waals surface area (Å²) in [4.78, 5) is 18.8. The fourth-order valence-electron chi connectivity index (χ4n) is 9.32. The van der Waals surface area contributed by atoms with E-state index in [0.29, 0.717) is 18.1 Å². The molecule has 0 spiro atoms. The quantitative estimate of drug-likeness (QED) is 0.0415. The van der Waals surface area contributed by atoms with Gasteiger partial charge >= 0.3 is 283 Å². The van der Waals surface area contributed by atoms with Crippen LogP contribution in [0, 0.1) is 0 Å². The third kappa shape index (κ3) is 18.4. The molecule has 0 saturated heterocycles. The topological polar surface area (TPSA) is 51.2 Å². The Morgan fingerprint density at radius 1 is 0.636 bits per heavy atom. The summed E-state index contributed by atoms with van der Waals surface area (Å²) in [5.74, 6) is 0.378. The first-order valence-electron chi connectivity index (χ1n) is 24.3. The number of nitrogens with one attached hydrogen (secondary N) is 1. The standard InChI is InChI=1S/C38H63N2O2.3C4H9.Sn/c1-4-7-9-11-13-15-17-19-21-23-25-33(26-24-22-20-18-16-14-12-10-8-5-2)34-27-29-39-36(31-34)37-32-35(28-30-40-37)38(41)42-6-3;3*1-3-4-2;/h27-33,40H,4-26H2,1-3H3;3*1,3-4H2,2H3;. The van der Waals surface area contributed by atoms with Crippen LogP contribution in [0.25, 0.3) is 0 Å². The number of unbranched alkanes of at least 4 members (excludes halogenated alkanes) is 21. The molecule has 0 aliphatic carbocycles. The second-order valence-corrected chi connectivity index (χ2v) is 31.1. The molecule has 1 aliphatic heterocycles. The van der Waals surface area contributed by atoms with Crippen molar-refractivity contribution in [3.63, 3.8) is 0 Å². The molecule has 1 aromatic heterocycles. The first-order chi connectivity index (χ1) is 27.0. The van der Waals surface area contributed by atoms with Crippen molar-refractivity contribution in [2.24, 2.45) is 0 Å².